The number of ether oxygens (including phenoxy) is 1. The molecule has 1 aromatic rings. The molecule has 1 saturated heterocycles. The average Bonchev–Trinajstić information content (AvgIpc) is 2.51. The summed E-state index contributed by atoms with van der Waals surface area (Å²) in [5, 5.41) is 2.92. The molecule has 0 aliphatic carbocycles. The van der Waals surface area contributed by atoms with E-state index in [-0.39, 0.29) is 42.9 Å². The smallest absolute Gasteiger partial charge is 0.251 e. The molecule has 1 amide bonds. The number of rotatable bonds is 7. The molecule has 1 aliphatic rings. The normalized spacial score (nSPS) is 20.3. The Hall–Kier alpha value is -0.850. The third kappa shape index (κ3) is 8.38. The van der Waals surface area contributed by atoms with Crippen molar-refractivity contribution in [1.29, 1.82) is 0 Å². The number of nitrogens with two attached hydrogens (primary N) is 1. The van der Waals surface area contributed by atoms with Crippen LogP contribution in [-0.2, 0) is 11.3 Å². The maximum absolute atomic E-state index is 12.0. The van der Waals surface area contributed by atoms with Gasteiger partial charge < -0.3 is 15.8 Å². The number of morpholine rings is 1. The minimum Gasteiger partial charge on any atom is -0.373 e. The lowest BCUT2D eigenvalue weighted by atomic mass is 10.1. The summed E-state index contributed by atoms with van der Waals surface area (Å²) in [6, 6.07) is 7.89. The molecule has 1 aromatic carbocycles. The van der Waals surface area contributed by atoms with Crippen molar-refractivity contribution >= 4 is 30.7 Å². The van der Waals surface area contributed by atoms with E-state index in [4.69, 9.17) is 10.5 Å². The summed E-state index contributed by atoms with van der Waals surface area (Å²) in [5.74, 6) is -0.0119. The summed E-state index contributed by atoms with van der Waals surface area (Å²) in [5.41, 5.74) is 7.38. The summed E-state index contributed by atoms with van der Waals surface area (Å²) in [4.78, 5) is 14.4. The summed E-state index contributed by atoms with van der Waals surface area (Å²) in [7, 11) is 0. The van der Waals surface area contributed by atoms with Gasteiger partial charge in [-0.25, -0.2) is 0 Å². The number of amides is 1. The van der Waals surface area contributed by atoms with E-state index in [0.29, 0.717) is 18.7 Å². The number of carbonyl (C=O) groups excluding carboxylic acids is 1. The highest BCUT2D eigenvalue weighted by Gasteiger charge is 2.21. The Labute approximate surface area is 163 Å². The van der Waals surface area contributed by atoms with Crippen molar-refractivity contribution in [2.45, 2.75) is 45.4 Å². The van der Waals surface area contributed by atoms with Gasteiger partial charge >= 0.3 is 0 Å². The van der Waals surface area contributed by atoms with Gasteiger partial charge in [0.2, 0.25) is 0 Å². The highest BCUT2D eigenvalue weighted by Crippen LogP contribution is 2.14. The van der Waals surface area contributed by atoms with Crippen LogP contribution in [0.3, 0.4) is 0 Å². The highest BCUT2D eigenvalue weighted by atomic mass is 35.5. The molecule has 5 nitrogen and oxygen atoms in total. The second-order valence-corrected chi connectivity index (χ2v) is 6.40. The predicted molar refractivity (Wildman–Crippen MR) is 107 cm³/mol. The van der Waals surface area contributed by atoms with Crippen LogP contribution in [0.4, 0.5) is 0 Å². The lowest BCUT2D eigenvalue weighted by molar-refractivity contribution is -0.0704. The Balaban J connectivity index is 0.00000288. The molecule has 0 radical (unpaired) electrons. The largest absolute Gasteiger partial charge is 0.373 e. The van der Waals surface area contributed by atoms with Crippen LogP contribution < -0.4 is 11.1 Å². The first-order valence-corrected chi connectivity index (χ1v) is 8.53. The van der Waals surface area contributed by atoms with E-state index in [0.717, 1.165) is 32.5 Å². The number of halogens is 2. The first-order chi connectivity index (χ1) is 11.1. The van der Waals surface area contributed by atoms with Crippen molar-refractivity contribution in [2.24, 2.45) is 5.73 Å². The van der Waals surface area contributed by atoms with Gasteiger partial charge in [-0.15, -0.1) is 24.8 Å². The van der Waals surface area contributed by atoms with Crippen molar-refractivity contribution in [3.05, 3.63) is 35.4 Å². The molecular formula is C18H31Cl2N3O2. The quantitative estimate of drug-likeness (QED) is 0.700. The minimum atomic E-state index is -0.0119. The first-order valence-electron chi connectivity index (χ1n) is 8.53. The van der Waals surface area contributed by atoms with Gasteiger partial charge in [-0.3, -0.25) is 9.69 Å². The number of carbonyl (C=O) groups is 1. The second kappa shape index (κ2) is 12.5. The van der Waals surface area contributed by atoms with Crippen LogP contribution in [0.15, 0.2) is 24.3 Å². The fourth-order valence-corrected chi connectivity index (χ4v) is 3.01. The fourth-order valence-electron chi connectivity index (χ4n) is 3.01. The molecule has 3 N–H and O–H groups in total. The molecule has 25 heavy (non-hydrogen) atoms. The molecule has 0 bridgehead atoms. The second-order valence-electron chi connectivity index (χ2n) is 6.40. The Bertz CT molecular complexity index is 490. The molecular weight excluding hydrogens is 361 g/mol. The Kier molecular flexibility index (Phi) is 12.1. The number of hydrogen-bond acceptors (Lipinski definition) is 4. The van der Waals surface area contributed by atoms with Crippen LogP contribution in [0.5, 0.6) is 0 Å². The monoisotopic (exact) mass is 391 g/mol. The van der Waals surface area contributed by atoms with E-state index in [1.54, 1.807) is 0 Å². The Morgan fingerprint density at radius 1 is 1.16 bits per heavy atom. The lowest BCUT2D eigenvalue weighted by Crippen LogP contribution is -2.44. The SMILES string of the molecule is CC1CN(Cc2ccc(C(=O)NCCCCN)cc2)CC(C)O1.Cl.Cl. The zero-order valence-corrected chi connectivity index (χ0v) is 16.7. The summed E-state index contributed by atoms with van der Waals surface area (Å²) < 4.78 is 5.76. The maximum Gasteiger partial charge on any atom is 0.251 e. The van der Waals surface area contributed by atoms with Crippen LogP contribution in [0, 0.1) is 0 Å². The van der Waals surface area contributed by atoms with Gasteiger partial charge in [-0.2, -0.15) is 0 Å². The molecule has 1 heterocycles. The van der Waals surface area contributed by atoms with Crippen LogP contribution >= 0.6 is 24.8 Å². The molecule has 2 rings (SSSR count). The standard InChI is InChI=1S/C18H29N3O2.2ClH/c1-14-11-21(12-15(2)23-14)13-16-5-7-17(8-6-16)18(22)20-10-4-3-9-19;;/h5-8,14-15H,3-4,9-13,19H2,1-2H3,(H,20,22);2*1H. The van der Waals surface area contributed by atoms with E-state index < -0.39 is 0 Å². The number of benzene rings is 1. The van der Waals surface area contributed by atoms with E-state index in [1.807, 2.05) is 24.3 Å². The summed E-state index contributed by atoms with van der Waals surface area (Å²) in [6.07, 6.45) is 2.42. The Morgan fingerprint density at radius 3 is 2.32 bits per heavy atom. The van der Waals surface area contributed by atoms with E-state index in [2.05, 4.69) is 24.1 Å². The third-order valence-corrected chi connectivity index (χ3v) is 4.03. The number of nitrogens with one attached hydrogen (secondary N) is 1. The van der Waals surface area contributed by atoms with Gasteiger partial charge in [0.15, 0.2) is 0 Å². The van der Waals surface area contributed by atoms with Gasteiger partial charge in [0.05, 0.1) is 12.2 Å². The molecule has 0 saturated carbocycles. The molecule has 2 atom stereocenters. The third-order valence-electron chi connectivity index (χ3n) is 4.03. The first kappa shape index (κ1) is 24.1. The maximum atomic E-state index is 12.0. The molecule has 0 aromatic heterocycles. The number of unbranched alkanes of at least 4 members (excludes halogenated alkanes) is 1. The van der Waals surface area contributed by atoms with Crippen LogP contribution in [0.1, 0.15) is 42.6 Å². The van der Waals surface area contributed by atoms with Crippen molar-refractivity contribution in [3.8, 4) is 0 Å². The molecule has 1 fully saturated rings. The van der Waals surface area contributed by atoms with Gasteiger partial charge in [-0.05, 0) is 50.9 Å². The van der Waals surface area contributed by atoms with Crippen LogP contribution in [-0.4, -0.2) is 49.2 Å². The van der Waals surface area contributed by atoms with Crippen LogP contribution in [0.25, 0.3) is 0 Å². The van der Waals surface area contributed by atoms with Gasteiger partial charge in [-0.1, -0.05) is 12.1 Å². The highest BCUT2D eigenvalue weighted by molar-refractivity contribution is 5.94. The molecule has 2 unspecified atom stereocenters. The van der Waals surface area contributed by atoms with E-state index in [1.165, 1.54) is 5.56 Å². The lowest BCUT2D eigenvalue weighted by Gasteiger charge is -2.35. The van der Waals surface area contributed by atoms with Gasteiger partial charge in [0, 0.05) is 31.7 Å². The Morgan fingerprint density at radius 2 is 1.76 bits per heavy atom. The minimum absolute atomic E-state index is 0. The van der Waals surface area contributed by atoms with Gasteiger partial charge in [0.1, 0.15) is 0 Å². The number of hydrogen-bond donors (Lipinski definition) is 2. The summed E-state index contributed by atoms with van der Waals surface area (Å²) >= 11 is 0. The number of nitrogens with zero attached hydrogens (tertiary/aromatic N) is 1. The van der Waals surface area contributed by atoms with Crippen molar-refractivity contribution in [3.63, 3.8) is 0 Å². The summed E-state index contributed by atoms with van der Waals surface area (Å²) in [6.45, 7) is 8.38. The topological polar surface area (TPSA) is 67.6 Å². The molecule has 144 valence electrons. The van der Waals surface area contributed by atoms with E-state index in [9.17, 15) is 4.79 Å². The molecule has 7 heteroatoms. The zero-order valence-electron chi connectivity index (χ0n) is 15.1. The van der Waals surface area contributed by atoms with Crippen LogP contribution in [0.2, 0.25) is 0 Å². The molecule has 1 aliphatic heterocycles. The van der Waals surface area contributed by atoms with Crippen molar-refractivity contribution < 1.29 is 9.53 Å². The van der Waals surface area contributed by atoms with Crippen molar-refractivity contribution in [1.82, 2.24) is 10.2 Å². The van der Waals surface area contributed by atoms with Crippen molar-refractivity contribution in [2.75, 3.05) is 26.2 Å². The van der Waals surface area contributed by atoms with Gasteiger partial charge in [0.25, 0.3) is 5.91 Å². The molecule has 0 spiro atoms. The van der Waals surface area contributed by atoms with E-state index >= 15 is 0 Å². The zero-order chi connectivity index (χ0) is 16.7. The average molecular weight is 392 g/mol. The predicted octanol–water partition coefficient (Wildman–Crippen LogP) is 2.61. The fraction of sp³-hybridized carbons (Fsp3) is 0.611.